The van der Waals surface area contributed by atoms with E-state index < -0.39 is 0 Å². The Balaban J connectivity index is 1.81. The van der Waals surface area contributed by atoms with E-state index in [1.807, 2.05) is 0 Å². The Morgan fingerprint density at radius 3 is 3.05 bits per heavy atom. The summed E-state index contributed by atoms with van der Waals surface area (Å²) in [7, 11) is 0. The first-order valence-electron chi connectivity index (χ1n) is 6.44. The Morgan fingerprint density at radius 1 is 1.45 bits per heavy atom. The molecule has 2 heterocycles. The van der Waals surface area contributed by atoms with Crippen molar-refractivity contribution in [3.05, 3.63) is 57.8 Å². The summed E-state index contributed by atoms with van der Waals surface area (Å²) >= 11 is 0. The van der Waals surface area contributed by atoms with Crippen molar-refractivity contribution in [1.29, 1.82) is 0 Å². The number of nitrogen functional groups attached to an aromatic ring is 1. The number of ether oxygens (including phenoxy) is 1. The lowest BCUT2D eigenvalue weighted by Gasteiger charge is -2.13. The topological polar surface area (TPSA) is 57.2 Å². The van der Waals surface area contributed by atoms with Crippen molar-refractivity contribution in [1.82, 2.24) is 4.57 Å². The molecule has 1 aliphatic rings. The van der Waals surface area contributed by atoms with E-state index in [1.165, 1.54) is 22.8 Å². The number of rotatable bonds is 2. The Morgan fingerprint density at radius 2 is 2.25 bits per heavy atom. The molecule has 1 unspecified atom stereocenters. The molecule has 0 fully saturated rings. The van der Waals surface area contributed by atoms with Crippen LogP contribution >= 0.6 is 0 Å². The standard InChI is InChI=1S/C15H15FN2O2/c1-9-4-15(19)18(8-13(9)17)7-12-6-10-5-11(16)2-3-14(10)20-12/h2-5,8,12H,6-7,17H2,1H3. The van der Waals surface area contributed by atoms with Crippen LogP contribution in [0.15, 0.2) is 35.3 Å². The summed E-state index contributed by atoms with van der Waals surface area (Å²) in [6, 6.07) is 5.98. The fourth-order valence-electron chi connectivity index (χ4n) is 2.44. The first-order valence-corrected chi connectivity index (χ1v) is 6.44. The molecule has 20 heavy (non-hydrogen) atoms. The number of hydrogen-bond acceptors (Lipinski definition) is 3. The van der Waals surface area contributed by atoms with E-state index in [4.69, 9.17) is 10.5 Å². The SMILES string of the molecule is Cc1cc(=O)n(CC2Cc3cc(F)ccc3O2)cc1N. The summed E-state index contributed by atoms with van der Waals surface area (Å²) in [5.74, 6) is 0.411. The molecular formula is C15H15FN2O2. The van der Waals surface area contributed by atoms with Crippen molar-refractivity contribution in [2.45, 2.75) is 26.0 Å². The maximum atomic E-state index is 13.2. The molecule has 104 valence electrons. The molecule has 0 saturated heterocycles. The molecule has 1 atom stereocenters. The van der Waals surface area contributed by atoms with Crippen LogP contribution in [0.3, 0.4) is 0 Å². The molecule has 1 aromatic carbocycles. The highest BCUT2D eigenvalue weighted by molar-refractivity contribution is 5.43. The first-order chi connectivity index (χ1) is 9.52. The lowest BCUT2D eigenvalue weighted by atomic mass is 10.1. The average Bonchev–Trinajstić information content (AvgIpc) is 2.77. The number of benzene rings is 1. The third kappa shape index (κ3) is 2.27. The monoisotopic (exact) mass is 274 g/mol. The van der Waals surface area contributed by atoms with Crippen LogP contribution in [0.1, 0.15) is 11.1 Å². The number of nitrogens with two attached hydrogens (primary N) is 1. The number of halogens is 1. The molecule has 1 aromatic heterocycles. The molecule has 0 saturated carbocycles. The molecule has 0 aliphatic carbocycles. The molecule has 0 bridgehead atoms. The Labute approximate surface area is 115 Å². The summed E-state index contributed by atoms with van der Waals surface area (Å²) < 4.78 is 20.4. The van der Waals surface area contributed by atoms with Crippen molar-refractivity contribution in [3.8, 4) is 5.75 Å². The number of fused-ring (bicyclic) bond motifs is 1. The van der Waals surface area contributed by atoms with Gasteiger partial charge in [0.25, 0.3) is 5.56 Å². The van der Waals surface area contributed by atoms with Gasteiger partial charge in [-0.2, -0.15) is 0 Å². The van der Waals surface area contributed by atoms with Gasteiger partial charge >= 0.3 is 0 Å². The fraction of sp³-hybridized carbons (Fsp3) is 0.267. The lowest BCUT2D eigenvalue weighted by molar-refractivity contribution is 0.207. The van der Waals surface area contributed by atoms with Crippen LogP contribution in [-0.2, 0) is 13.0 Å². The Bertz CT molecular complexity index is 724. The van der Waals surface area contributed by atoms with Gasteiger partial charge in [-0.25, -0.2) is 4.39 Å². The number of hydrogen-bond donors (Lipinski definition) is 1. The number of pyridine rings is 1. The van der Waals surface area contributed by atoms with Crippen LogP contribution < -0.4 is 16.0 Å². The number of nitrogens with zero attached hydrogens (tertiary/aromatic N) is 1. The molecule has 0 radical (unpaired) electrons. The lowest BCUT2D eigenvalue weighted by Crippen LogP contribution is -2.29. The van der Waals surface area contributed by atoms with Crippen LogP contribution in [0.4, 0.5) is 10.1 Å². The van der Waals surface area contributed by atoms with E-state index in [0.717, 1.165) is 11.1 Å². The van der Waals surface area contributed by atoms with Gasteiger partial charge < -0.3 is 15.0 Å². The van der Waals surface area contributed by atoms with Gasteiger partial charge in [0.15, 0.2) is 0 Å². The van der Waals surface area contributed by atoms with Gasteiger partial charge in [-0.05, 0) is 30.7 Å². The molecule has 0 spiro atoms. The largest absolute Gasteiger partial charge is 0.488 e. The maximum absolute atomic E-state index is 13.2. The summed E-state index contributed by atoms with van der Waals surface area (Å²) in [6.45, 7) is 2.20. The van der Waals surface area contributed by atoms with E-state index in [0.29, 0.717) is 24.4 Å². The minimum absolute atomic E-state index is 0.109. The van der Waals surface area contributed by atoms with Crippen molar-refractivity contribution in [2.75, 3.05) is 5.73 Å². The molecule has 4 nitrogen and oxygen atoms in total. The third-order valence-electron chi connectivity index (χ3n) is 3.54. The van der Waals surface area contributed by atoms with Gasteiger partial charge in [0, 0.05) is 24.2 Å². The number of aryl methyl sites for hydroxylation is 1. The quantitative estimate of drug-likeness (QED) is 0.909. The molecular weight excluding hydrogens is 259 g/mol. The highest BCUT2D eigenvalue weighted by atomic mass is 19.1. The van der Waals surface area contributed by atoms with E-state index in [9.17, 15) is 9.18 Å². The van der Waals surface area contributed by atoms with Gasteiger partial charge in [-0.1, -0.05) is 0 Å². The van der Waals surface area contributed by atoms with Crippen molar-refractivity contribution in [3.63, 3.8) is 0 Å². The summed E-state index contributed by atoms with van der Waals surface area (Å²) in [6.07, 6.45) is 2.05. The van der Waals surface area contributed by atoms with Gasteiger partial charge in [-0.15, -0.1) is 0 Å². The zero-order chi connectivity index (χ0) is 14.3. The summed E-state index contributed by atoms with van der Waals surface area (Å²) in [5.41, 5.74) is 7.89. The average molecular weight is 274 g/mol. The highest BCUT2D eigenvalue weighted by Gasteiger charge is 2.24. The third-order valence-corrected chi connectivity index (χ3v) is 3.54. The molecule has 2 N–H and O–H groups in total. The Kier molecular flexibility index (Phi) is 2.97. The van der Waals surface area contributed by atoms with E-state index in [-0.39, 0.29) is 17.5 Å². The van der Waals surface area contributed by atoms with E-state index >= 15 is 0 Å². The predicted molar refractivity (Wildman–Crippen MR) is 74.4 cm³/mol. The number of aromatic nitrogens is 1. The zero-order valence-electron chi connectivity index (χ0n) is 11.1. The maximum Gasteiger partial charge on any atom is 0.251 e. The molecule has 3 rings (SSSR count). The second kappa shape index (κ2) is 4.67. The van der Waals surface area contributed by atoms with E-state index in [1.54, 1.807) is 19.2 Å². The Hall–Kier alpha value is -2.30. The van der Waals surface area contributed by atoms with Crippen LogP contribution in [0.5, 0.6) is 5.75 Å². The van der Waals surface area contributed by atoms with Crippen LogP contribution in [0.2, 0.25) is 0 Å². The zero-order valence-corrected chi connectivity index (χ0v) is 11.1. The second-order valence-corrected chi connectivity index (χ2v) is 5.10. The normalized spacial score (nSPS) is 16.8. The summed E-state index contributed by atoms with van der Waals surface area (Å²) in [5, 5.41) is 0. The van der Waals surface area contributed by atoms with Gasteiger partial charge in [-0.3, -0.25) is 4.79 Å². The van der Waals surface area contributed by atoms with Gasteiger partial charge in [0.2, 0.25) is 0 Å². The van der Waals surface area contributed by atoms with Crippen LogP contribution in [0.25, 0.3) is 0 Å². The van der Waals surface area contributed by atoms with Gasteiger partial charge in [0.05, 0.1) is 12.2 Å². The van der Waals surface area contributed by atoms with Crippen molar-refractivity contribution >= 4 is 5.69 Å². The minimum atomic E-state index is -0.273. The predicted octanol–water partition coefficient (Wildman–Crippen LogP) is 1.88. The summed E-state index contributed by atoms with van der Waals surface area (Å²) in [4.78, 5) is 11.9. The molecule has 1 aliphatic heterocycles. The molecule has 0 amide bonds. The first kappa shape index (κ1) is 12.7. The van der Waals surface area contributed by atoms with E-state index in [2.05, 4.69) is 0 Å². The number of anilines is 1. The fourth-order valence-corrected chi connectivity index (χ4v) is 2.44. The highest BCUT2D eigenvalue weighted by Crippen LogP contribution is 2.29. The van der Waals surface area contributed by atoms with Gasteiger partial charge in [0.1, 0.15) is 17.7 Å². The van der Waals surface area contributed by atoms with Crippen molar-refractivity contribution in [2.24, 2.45) is 0 Å². The smallest absolute Gasteiger partial charge is 0.251 e. The van der Waals surface area contributed by atoms with Crippen LogP contribution in [0, 0.1) is 12.7 Å². The van der Waals surface area contributed by atoms with Crippen molar-refractivity contribution < 1.29 is 9.13 Å². The molecule has 5 heteroatoms. The molecule has 2 aromatic rings. The second-order valence-electron chi connectivity index (χ2n) is 5.10. The van der Waals surface area contributed by atoms with Crippen LogP contribution in [-0.4, -0.2) is 10.7 Å². The minimum Gasteiger partial charge on any atom is -0.488 e.